The van der Waals surface area contributed by atoms with E-state index in [1.165, 1.54) is 6.42 Å². The Morgan fingerprint density at radius 3 is 2.63 bits per heavy atom. The number of unbranched alkanes of at least 4 members (excludes halogenated alkanes) is 1. The first-order chi connectivity index (χ1) is 12.8. The molecule has 2 aliphatic heterocycles. The van der Waals surface area contributed by atoms with Gasteiger partial charge in [-0.2, -0.15) is 0 Å². The predicted molar refractivity (Wildman–Crippen MR) is 119 cm³/mol. The van der Waals surface area contributed by atoms with Crippen LogP contribution in [-0.2, 0) is 4.74 Å². The number of halogens is 1. The fraction of sp³-hybridized carbons (Fsp3) is 0.632. The number of benzene rings is 1. The largest absolute Gasteiger partial charge is 0.490 e. The van der Waals surface area contributed by atoms with Crippen LogP contribution in [0.15, 0.2) is 23.2 Å². The van der Waals surface area contributed by atoms with Crippen molar-refractivity contribution >= 4 is 35.6 Å². The SMILES string of the molecule is CN=C(NCCCCN1CCOCC1)Nc1ccc2c(c1)OCCCO2.I. The molecule has 8 heteroatoms. The zero-order valence-electron chi connectivity index (χ0n) is 16.0. The van der Waals surface area contributed by atoms with E-state index in [2.05, 4.69) is 20.5 Å². The number of nitrogens with zero attached hydrogens (tertiary/aromatic N) is 2. The summed E-state index contributed by atoms with van der Waals surface area (Å²) in [7, 11) is 1.78. The molecule has 1 aromatic rings. The second-order valence-electron chi connectivity index (χ2n) is 6.50. The molecule has 0 atom stereocenters. The topological polar surface area (TPSA) is 67.4 Å². The van der Waals surface area contributed by atoms with Gasteiger partial charge < -0.3 is 24.8 Å². The highest BCUT2D eigenvalue weighted by atomic mass is 127. The molecule has 1 aromatic carbocycles. The first-order valence-electron chi connectivity index (χ1n) is 9.52. The van der Waals surface area contributed by atoms with Crippen LogP contribution in [0, 0.1) is 0 Å². The molecule has 0 bridgehead atoms. The van der Waals surface area contributed by atoms with Crippen molar-refractivity contribution in [3.05, 3.63) is 18.2 Å². The lowest BCUT2D eigenvalue weighted by molar-refractivity contribution is 0.0372. The summed E-state index contributed by atoms with van der Waals surface area (Å²) in [5.74, 6) is 2.36. The Bertz CT molecular complexity index is 594. The Morgan fingerprint density at radius 2 is 1.85 bits per heavy atom. The lowest BCUT2D eigenvalue weighted by atomic mass is 10.2. The fourth-order valence-electron chi connectivity index (χ4n) is 3.05. The highest BCUT2D eigenvalue weighted by molar-refractivity contribution is 14.0. The van der Waals surface area contributed by atoms with Gasteiger partial charge in [-0.3, -0.25) is 9.89 Å². The third-order valence-corrected chi connectivity index (χ3v) is 4.53. The molecule has 0 aromatic heterocycles. The van der Waals surface area contributed by atoms with Gasteiger partial charge >= 0.3 is 0 Å². The number of guanidine groups is 1. The minimum atomic E-state index is 0. The van der Waals surface area contributed by atoms with Gasteiger partial charge in [0.25, 0.3) is 0 Å². The molecule has 2 N–H and O–H groups in total. The third kappa shape index (κ3) is 7.34. The van der Waals surface area contributed by atoms with Crippen molar-refractivity contribution in [1.82, 2.24) is 10.2 Å². The molecule has 0 spiro atoms. The quantitative estimate of drug-likeness (QED) is 0.277. The molecule has 1 fully saturated rings. The van der Waals surface area contributed by atoms with Gasteiger partial charge in [-0.1, -0.05) is 0 Å². The summed E-state index contributed by atoms with van der Waals surface area (Å²) < 4.78 is 16.8. The molecule has 0 radical (unpaired) electrons. The highest BCUT2D eigenvalue weighted by Crippen LogP contribution is 2.32. The number of aliphatic imine (C=N–C) groups is 1. The maximum atomic E-state index is 5.74. The highest BCUT2D eigenvalue weighted by Gasteiger charge is 2.12. The van der Waals surface area contributed by atoms with Crippen LogP contribution in [0.3, 0.4) is 0 Å². The van der Waals surface area contributed by atoms with E-state index in [0.717, 1.165) is 75.4 Å². The number of hydrogen-bond donors (Lipinski definition) is 2. The molecule has 3 rings (SSSR count). The molecular weight excluding hydrogens is 459 g/mol. The Labute approximate surface area is 178 Å². The minimum absolute atomic E-state index is 0. The summed E-state index contributed by atoms with van der Waals surface area (Å²) in [6, 6.07) is 5.89. The van der Waals surface area contributed by atoms with E-state index in [1.54, 1.807) is 7.05 Å². The first kappa shape index (κ1) is 22.0. The predicted octanol–water partition coefficient (Wildman–Crippen LogP) is 2.57. The van der Waals surface area contributed by atoms with Crippen LogP contribution in [-0.4, -0.2) is 70.5 Å². The smallest absolute Gasteiger partial charge is 0.195 e. The maximum absolute atomic E-state index is 5.74. The van der Waals surface area contributed by atoms with Crippen LogP contribution in [0.1, 0.15) is 19.3 Å². The van der Waals surface area contributed by atoms with Crippen molar-refractivity contribution in [2.75, 3.05) is 65.0 Å². The number of rotatable bonds is 6. The van der Waals surface area contributed by atoms with Crippen molar-refractivity contribution in [1.29, 1.82) is 0 Å². The number of morpholine rings is 1. The van der Waals surface area contributed by atoms with E-state index in [0.29, 0.717) is 13.2 Å². The molecule has 0 saturated carbocycles. The van der Waals surface area contributed by atoms with Crippen molar-refractivity contribution in [3.8, 4) is 11.5 Å². The van der Waals surface area contributed by atoms with Gasteiger partial charge in [0, 0.05) is 44.9 Å². The van der Waals surface area contributed by atoms with Gasteiger partial charge in [0.1, 0.15) is 0 Å². The summed E-state index contributed by atoms with van der Waals surface area (Å²) in [6.45, 7) is 7.27. The molecule has 7 nitrogen and oxygen atoms in total. The Kier molecular flexibility index (Phi) is 10.00. The molecular formula is C19H31IN4O3. The normalized spacial score (nSPS) is 17.6. The number of ether oxygens (including phenoxy) is 3. The zero-order chi connectivity index (χ0) is 18.0. The van der Waals surface area contributed by atoms with Crippen molar-refractivity contribution in [3.63, 3.8) is 0 Å². The standard InChI is InChI=1S/C19H30N4O3.HI/c1-20-19(21-7-2-3-8-23-9-13-24-14-10-23)22-16-5-6-17-18(15-16)26-12-4-11-25-17;/h5-6,15H,2-4,7-14H2,1H3,(H2,20,21,22);1H. The minimum Gasteiger partial charge on any atom is -0.490 e. The summed E-state index contributed by atoms with van der Waals surface area (Å²) >= 11 is 0. The Balaban J connectivity index is 0.00000261. The lowest BCUT2D eigenvalue weighted by Gasteiger charge is -2.26. The Morgan fingerprint density at radius 1 is 1.07 bits per heavy atom. The summed E-state index contributed by atoms with van der Waals surface area (Å²) in [6.07, 6.45) is 3.19. The molecule has 0 aliphatic carbocycles. The van der Waals surface area contributed by atoms with E-state index < -0.39 is 0 Å². The van der Waals surface area contributed by atoms with E-state index in [4.69, 9.17) is 14.2 Å². The molecule has 27 heavy (non-hydrogen) atoms. The van der Waals surface area contributed by atoms with Gasteiger partial charge in [-0.25, -0.2) is 0 Å². The van der Waals surface area contributed by atoms with Crippen LogP contribution < -0.4 is 20.1 Å². The molecule has 2 aliphatic rings. The molecule has 1 saturated heterocycles. The van der Waals surface area contributed by atoms with Crippen LogP contribution in [0.2, 0.25) is 0 Å². The van der Waals surface area contributed by atoms with E-state index in [9.17, 15) is 0 Å². The van der Waals surface area contributed by atoms with Gasteiger partial charge in [-0.05, 0) is 31.5 Å². The van der Waals surface area contributed by atoms with E-state index >= 15 is 0 Å². The zero-order valence-corrected chi connectivity index (χ0v) is 18.4. The first-order valence-corrected chi connectivity index (χ1v) is 9.52. The van der Waals surface area contributed by atoms with Gasteiger partial charge in [0.05, 0.1) is 26.4 Å². The average Bonchev–Trinajstić information content (AvgIpc) is 2.92. The molecule has 0 amide bonds. The molecule has 2 heterocycles. The van der Waals surface area contributed by atoms with Crippen LogP contribution in [0.5, 0.6) is 11.5 Å². The van der Waals surface area contributed by atoms with E-state index in [1.807, 2.05) is 18.2 Å². The Hall–Kier alpha value is -1.26. The number of fused-ring (bicyclic) bond motifs is 1. The molecule has 152 valence electrons. The summed E-state index contributed by atoms with van der Waals surface area (Å²) in [5.41, 5.74) is 0.940. The monoisotopic (exact) mass is 490 g/mol. The number of anilines is 1. The summed E-state index contributed by atoms with van der Waals surface area (Å²) in [4.78, 5) is 6.76. The lowest BCUT2D eigenvalue weighted by Crippen LogP contribution is -2.37. The third-order valence-electron chi connectivity index (χ3n) is 4.53. The van der Waals surface area contributed by atoms with Gasteiger partial charge in [0.2, 0.25) is 0 Å². The van der Waals surface area contributed by atoms with Crippen molar-refractivity contribution in [2.24, 2.45) is 4.99 Å². The second-order valence-corrected chi connectivity index (χ2v) is 6.50. The second kappa shape index (κ2) is 12.2. The van der Waals surface area contributed by atoms with Crippen molar-refractivity contribution < 1.29 is 14.2 Å². The van der Waals surface area contributed by atoms with Crippen LogP contribution in [0.4, 0.5) is 5.69 Å². The van der Waals surface area contributed by atoms with Crippen LogP contribution in [0.25, 0.3) is 0 Å². The number of hydrogen-bond acceptors (Lipinski definition) is 5. The molecule has 0 unspecified atom stereocenters. The fourth-order valence-corrected chi connectivity index (χ4v) is 3.05. The van der Waals surface area contributed by atoms with E-state index in [-0.39, 0.29) is 24.0 Å². The van der Waals surface area contributed by atoms with Gasteiger partial charge in [0.15, 0.2) is 17.5 Å². The summed E-state index contributed by atoms with van der Waals surface area (Å²) in [5, 5.41) is 6.69. The number of nitrogens with one attached hydrogen (secondary N) is 2. The van der Waals surface area contributed by atoms with Crippen molar-refractivity contribution in [2.45, 2.75) is 19.3 Å². The van der Waals surface area contributed by atoms with Crippen LogP contribution >= 0.6 is 24.0 Å². The maximum Gasteiger partial charge on any atom is 0.195 e. The van der Waals surface area contributed by atoms with Gasteiger partial charge in [-0.15, -0.1) is 24.0 Å². The average molecular weight is 490 g/mol.